The number of hydrogen-bond acceptors (Lipinski definition) is 3. The van der Waals surface area contributed by atoms with Gasteiger partial charge in [-0.15, -0.1) is 0 Å². The molecule has 5 heteroatoms. The zero-order valence-electron chi connectivity index (χ0n) is 10.4. The molecule has 0 bridgehead atoms. The van der Waals surface area contributed by atoms with Gasteiger partial charge in [0.25, 0.3) is 0 Å². The van der Waals surface area contributed by atoms with Crippen LogP contribution in [0.4, 0.5) is 5.69 Å². The van der Waals surface area contributed by atoms with Gasteiger partial charge in [0.2, 0.25) is 0 Å². The number of halogens is 1. The highest BCUT2D eigenvalue weighted by Gasteiger charge is 2.05. The van der Waals surface area contributed by atoms with Crippen molar-refractivity contribution in [3.8, 4) is 0 Å². The summed E-state index contributed by atoms with van der Waals surface area (Å²) in [5.41, 5.74) is 8.30. The lowest BCUT2D eigenvalue weighted by Crippen LogP contribution is -2.12. The van der Waals surface area contributed by atoms with E-state index in [1.165, 1.54) is 5.56 Å². The number of nitrogens with two attached hydrogens (primary N) is 1. The maximum atomic E-state index is 5.51. The summed E-state index contributed by atoms with van der Waals surface area (Å²) in [7, 11) is 0. The van der Waals surface area contributed by atoms with E-state index in [4.69, 9.17) is 18.0 Å². The van der Waals surface area contributed by atoms with Gasteiger partial charge in [0, 0.05) is 10.5 Å². The molecule has 0 radical (unpaired) electrons. The Bertz CT molecular complexity index is 566. The first kappa shape index (κ1) is 14.0. The molecule has 0 aliphatic heterocycles. The molecule has 19 heavy (non-hydrogen) atoms. The lowest BCUT2D eigenvalue weighted by atomic mass is 10.1. The third-order valence-corrected chi connectivity index (χ3v) is 3.51. The van der Waals surface area contributed by atoms with Crippen LogP contribution < -0.4 is 11.1 Å². The Labute approximate surface area is 126 Å². The van der Waals surface area contributed by atoms with E-state index in [0.717, 1.165) is 10.2 Å². The molecule has 1 unspecified atom stereocenters. The Kier molecular flexibility index (Phi) is 4.50. The summed E-state index contributed by atoms with van der Waals surface area (Å²) >= 11 is 8.30. The topological polar surface area (TPSA) is 50.9 Å². The van der Waals surface area contributed by atoms with E-state index >= 15 is 0 Å². The summed E-state index contributed by atoms with van der Waals surface area (Å²) in [5, 5.41) is 3.38. The monoisotopic (exact) mass is 335 g/mol. The van der Waals surface area contributed by atoms with Gasteiger partial charge in [-0.1, -0.05) is 40.3 Å². The first-order valence-electron chi connectivity index (χ1n) is 5.84. The Balaban J connectivity index is 2.08. The number of nitrogens with zero attached hydrogens (tertiary/aromatic N) is 1. The molecule has 2 aromatic rings. The van der Waals surface area contributed by atoms with Gasteiger partial charge in [-0.3, -0.25) is 4.98 Å². The predicted octanol–water partition coefficient (Wildman–Crippen LogP) is 3.65. The van der Waals surface area contributed by atoms with E-state index in [-0.39, 0.29) is 6.04 Å². The molecule has 2 rings (SSSR count). The standard InChI is InChI=1S/C14H14BrN3S/c1-9(10-2-4-11(15)5-3-10)18-12-6-7-13(14(16)19)17-8-12/h2-9,18H,1H3,(H2,16,19). The van der Waals surface area contributed by atoms with Crippen molar-refractivity contribution in [2.45, 2.75) is 13.0 Å². The van der Waals surface area contributed by atoms with Crippen LogP contribution in [0.5, 0.6) is 0 Å². The Morgan fingerprint density at radius 3 is 2.47 bits per heavy atom. The van der Waals surface area contributed by atoms with E-state index < -0.39 is 0 Å². The zero-order valence-corrected chi connectivity index (χ0v) is 12.8. The van der Waals surface area contributed by atoms with Crippen molar-refractivity contribution >= 4 is 38.8 Å². The number of anilines is 1. The Hall–Kier alpha value is -1.46. The molecule has 0 aliphatic rings. The van der Waals surface area contributed by atoms with E-state index in [9.17, 15) is 0 Å². The van der Waals surface area contributed by atoms with Crippen LogP contribution in [0.15, 0.2) is 47.1 Å². The number of aromatic nitrogens is 1. The zero-order chi connectivity index (χ0) is 13.8. The predicted molar refractivity (Wildman–Crippen MR) is 86.3 cm³/mol. The number of nitrogens with one attached hydrogen (secondary N) is 1. The molecule has 0 fully saturated rings. The number of benzene rings is 1. The van der Waals surface area contributed by atoms with Crippen LogP contribution >= 0.6 is 28.1 Å². The van der Waals surface area contributed by atoms with E-state index in [1.54, 1.807) is 6.20 Å². The van der Waals surface area contributed by atoms with Gasteiger partial charge in [-0.2, -0.15) is 0 Å². The maximum Gasteiger partial charge on any atom is 0.122 e. The molecule has 1 heterocycles. The summed E-state index contributed by atoms with van der Waals surface area (Å²) in [5.74, 6) is 0. The number of pyridine rings is 1. The molecular formula is C14H14BrN3S. The first-order chi connectivity index (χ1) is 9.06. The van der Waals surface area contributed by atoms with E-state index in [0.29, 0.717) is 10.7 Å². The minimum atomic E-state index is 0.200. The normalized spacial score (nSPS) is 11.9. The highest BCUT2D eigenvalue weighted by molar-refractivity contribution is 9.10. The average Bonchev–Trinajstić information content (AvgIpc) is 2.40. The smallest absolute Gasteiger partial charge is 0.122 e. The second-order valence-corrected chi connectivity index (χ2v) is 5.57. The first-order valence-corrected chi connectivity index (χ1v) is 7.04. The molecule has 98 valence electrons. The number of thiocarbonyl (C=S) groups is 1. The van der Waals surface area contributed by atoms with Crippen molar-refractivity contribution in [1.29, 1.82) is 0 Å². The lowest BCUT2D eigenvalue weighted by Gasteiger charge is -2.15. The molecule has 0 aliphatic carbocycles. The van der Waals surface area contributed by atoms with Gasteiger partial charge < -0.3 is 11.1 Å². The second-order valence-electron chi connectivity index (χ2n) is 4.21. The Morgan fingerprint density at radius 1 is 1.26 bits per heavy atom. The maximum absolute atomic E-state index is 5.51. The van der Waals surface area contributed by atoms with Crippen LogP contribution in [0.2, 0.25) is 0 Å². The van der Waals surface area contributed by atoms with Gasteiger partial charge in [-0.25, -0.2) is 0 Å². The SMILES string of the molecule is CC(Nc1ccc(C(N)=S)nc1)c1ccc(Br)cc1. The van der Waals surface area contributed by atoms with Crippen molar-refractivity contribution in [2.24, 2.45) is 5.73 Å². The summed E-state index contributed by atoms with van der Waals surface area (Å²) in [6, 6.07) is 12.2. The largest absolute Gasteiger partial charge is 0.388 e. The van der Waals surface area contributed by atoms with Crippen LogP contribution in [-0.4, -0.2) is 9.97 Å². The number of rotatable bonds is 4. The molecular weight excluding hydrogens is 322 g/mol. The highest BCUT2D eigenvalue weighted by Crippen LogP contribution is 2.20. The molecule has 0 saturated carbocycles. The van der Waals surface area contributed by atoms with Gasteiger partial charge >= 0.3 is 0 Å². The van der Waals surface area contributed by atoms with Crippen molar-refractivity contribution < 1.29 is 0 Å². The summed E-state index contributed by atoms with van der Waals surface area (Å²) in [6.07, 6.45) is 1.74. The third-order valence-electron chi connectivity index (χ3n) is 2.77. The van der Waals surface area contributed by atoms with Crippen molar-refractivity contribution in [1.82, 2.24) is 4.98 Å². The third kappa shape index (κ3) is 3.75. The van der Waals surface area contributed by atoms with Crippen LogP contribution in [-0.2, 0) is 0 Å². The summed E-state index contributed by atoms with van der Waals surface area (Å²) < 4.78 is 1.07. The minimum Gasteiger partial charge on any atom is -0.388 e. The molecule has 1 atom stereocenters. The van der Waals surface area contributed by atoms with Crippen LogP contribution in [0.1, 0.15) is 24.2 Å². The van der Waals surface area contributed by atoms with E-state index in [2.05, 4.69) is 45.3 Å². The van der Waals surface area contributed by atoms with E-state index in [1.807, 2.05) is 24.3 Å². The molecule has 0 amide bonds. The lowest BCUT2D eigenvalue weighted by molar-refractivity contribution is 0.882. The Morgan fingerprint density at radius 2 is 1.95 bits per heavy atom. The molecule has 1 aromatic carbocycles. The molecule has 0 saturated heterocycles. The van der Waals surface area contributed by atoms with Gasteiger partial charge in [-0.05, 0) is 36.8 Å². The van der Waals surface area contributed by atoms with Gasteiger partial charge in [0.05, 0.1) is 17.6 Å². The quantitative estimate of drug-likeness (QED) is 0.837. The average molecular weight is 336 g/mol. The molecule has 3 N–H and O–H groups in total. The van der Waals surface area contributed by atoms with Gasteiger partial charge in [0.15, 0.2) is 0 Å². The fraction of sp³-hybridized carbons (Fsp3) is 0.143. The summed E-state index contributed by atoms with van der Waals surface area (Å²) in [6.45, 7) is 2.10. The van der Waals surface area contributed by atoms with Crippen molar-refractivity contribution in [2.75, 3.05) is 5.32 Å². The summed E-state index contributed by atoms with van der Waals surface area (Å²) in [4.78, 5) is 4.52. The molecule has 3 nitrogen and oxygen atoms in total. The second kappa shape index (κ2) is 6.12. The molecule has 0 spiro atoms. The fourth-order valence-corrected chi connectivity index (χ4v) is 2.09. The van der Waals surface area contributed by atoms with Gasteiger partial charge in [0.1, 0.15) is 4.99 Å². The van der Waals surface area contributed by atoms with Crippen LogP contribution in [0, 0.1) is 0 Å². The highest BCUT2D eigenvalue weighted by atomic mass is 79.9. The van der Waals surface area contributed by atoms with Crippen LogP contribution in [0.25, 0.3) is 0 Å². The molecule has 1 aromatic heterocycles. The van der Waals surface area contributed by atoms with Crippen LogP contribution in [0.3, 0.4) is 0 Å². The van der Waals surface area contributed by atoms with Crippen molar-refractivity contribution in [3.05, 3.63) is 58.3 Å². The minimum absolute atomic E-state index is 0.200. The fourth-order valence-electron chi connectivity index (χ4n) is 1.71. The van der Waals surface area contributed by atoms with Crippen molar-refractivity contribution in [3.63, 3.8) is 0 Å². The number of hydrogen-bond donors (Lipinski definition) is 2.